The van der Waals surface area contributed by atoms with Crippen molar-refractivity contribution in [2.24, 2.45) is 5.92 Å². The van der Waals surface area contributed by atoms with Gasteiger partial charge in [-0.25, -0.2) is 0 Å². The van der Waals surface area contributed by atoms with Crippen molar-refractivity contribution in [3.63, 3.8) is 0 Å². The lowest BCUT2D eigenvalue weighted by Gasteiger charge is -1.96. The predicted octanol–water partition coefficient (Wildman–Crippen LogP) is 2.14. The molecule has 17 heavy (non-hydrogen) atoms. The maximum Gasteiger partial charge on any atom is 0.308 e. The second-order valence-corrected chi connectivity index (χ2v) is 3.64. The minimum absolute atomic E-state index is 0.0417. The van der Waals surface area contributed by atoms with Gasteiger partial charge in [-0.3, -0.25) is 4.79 Å². The van der Waals surface area contributed by atoms with Gasteiger partial charge in [0.05, 0.1) is 31.8 Å². The fourth-order valence-electron chi connectivity index (χ4n) is 1.15. The molecular weight excluding hydrogens is 218 g/mol. The summed E-state index contributed by atoms with van der Waals surface area (Å²) in [5.41, 5.74) is 0.654. The van der Waals surface area contributed by atoms with Gasteiger partial charge in [-0.05, 0) is 37.1 Å². The number of nitrogens with zero attached hydrogens (tertiary/aromatic N) is 1. The molecule has 0 aromatic heterocycles. The average molecular weight is 233 g/mol. The Morgan fingerprint density at radius 2 is 1.88 bits per heavy atom. The molecule has 0 heterocycles. The Balaban J connectivity index is 0.000000181. The summed E-state index contributed by atoms with van der Waals surface area (Å²) in [4.78, 5) is 10.4. The standard InChI is InChI=1S/C8H7NO.C5H8O2/c1-10-8-4-2-7(6-9)3-5-8;1-7-5(6)4-2-3-4/h2-5H,1H3;4H,2-3H2,1H3. The van der Waals surface area contributed by atoms with E-state index in [1.807, 2.05) is 6.07 Å². The maximum absolute atomic E-state index is 10.4. The van der Waals surface area contributed by atoms with E-state index in [1.54, 1.807) is 31.4 Å². The lowest BCUT2D eigenvalue weighted by atomic mass is 10.2. The van der Waals surface area contributed by atoms with Gasteiger partial charge in [0.15, 0.2) is 0 Å². The lowest BCUT2D eigenvalue weighted by molar-refractivity contribution is -0.142. The molecule has 0 unspecified atom stereocenters. The summed E-state index contributed by atoms with van der Waals surface area (Å²) in [6, 6.07) is 8.99. The molecule has 1 aromatic rings. The number of hydrogen-bond donors (Lipinski definition) is 0. The zero-order valence-corrected chi connectivity index (χ0v) is 9.97. The molecule has 1 aliphatic rings. The fraction of sp³-hybridized carbons (Fsp3) is 0.385. The number of rotatable bonds is 2. The van der Waals surface area contributed by atoms with Gasteiger partial charge in [-0.1, -0.05) is 0 Å². The van der Waals surface area contributed by atoms with E-state index < -0.39 is 0 Å². The van der Waals surface area contributed by atoms with Crippen LogP contribution in [0.4, 0.5) is 0 Å². The molecule has 0 amide bonds. The van der Waals surface area contributed by atoms with E-state index in [9.17, 15) is 4.79 Å². The SMILES string of the molecule is COC(=O)C1CC1.COc1ccc(C#N)cc1. The fourth-order valence-corrected chi connectivity index (χ4v) is 1.15. The number of benzene rings is 1. The maximum atomic E-state index is 10.4. The highest BCUT2D eigenvalue weighted by Gasteiger charge is 2.30. The van der Waals surface area contributed by atoms with Gasteiger partial charge < -0.3 is 9.47 Å². The summed E-state index contributed by atoms with van der Waals surface area (Å²) in [6.45, 7) is 0. The Morgan fingerprint density at radius 1 is 1.29 bits per heavy atom. The van der Waals surface area contributed by atoms with Crippen molar-refractivity contribution >= 4 is 5.97 Å². The summed E-state index contributed by atoms with van der Waals surface area (Å²) in [5, 5.41) is 8.41. The predicted molar refractivity (Wildman–Crippen MR) is 62.4 cm³/mol. The normalized spacial score (nSPS) is 12.8. The third-order valence-corrected chi connectivity index (χ3v) is 2.33. The number of esters is 1. The van der Waals surface area contributed by atoms with Crippen LogP contribution in [-0.2, 0) is 9.53 Å². The quantitative estimate of drug-likeness (QED) is 0.734. The molecule has 1 aromatic carbocycles. The van der Waals surface area contributed by atoms with Crippen molar-refractivity contribution in [2.45, 2.75) is 12.8 Å². The average Bonchev–Trinajstić information content (AvgIpc) is 3.23. The molecule has 0 saturated heterocycles. The molecule has 0 aliphatic heterocycles. The molecule has 4 heteroatoms. The molecule has 0 atom stereocenters. The molecule has 90 valence electrons. The van der Waals surface area contributed by atoms with E-state index in [1.165, 1.54) is 7.11 Å². The van der Waals surface area contributed by atoms with Crippen LogP contribution in [0.3, 0.4) is 0 Å². The number of carbonyl (C=O) groups is 1. The molecule has 1 saturated carbocycles. The first kappa shape index (κ1) is 13.0. The van der Waals surface area contributed by atoms with Crippen LogP contribution >= 0.6 is 0 Å². The Morgan fingerprint density at radius 3 is 2.18 bits per heavy atom. The van der Waals surface area contributed by atoms with Crippen molar-refractivity contribution in [1.29, 1.82) is 5.26 Å². The molecular formula is C13H15NO3. The van der Waals surface area contributed by atoms with E-state index in [-0.39, 0.29) is 11.9 Å². The molecule has 2 rings (SSSR count). The monoisotopic (exact) mass is 233 g/mol. The van der Waals surface area contributed by atoms with Crippen molar-refractivity contribution in [3.05, 3.63) is 29.8 Å². The number of hydrogen-bond acceptors (Lipinski definition) is 4. The first-order chi connectivity index (χ1) is 8.21. The van der Waals surface area contributed by atoms with Gasteiger partial charge in [0.2, 0.25) is 0 Å². The van der Waals surface area contributed by atoms with E-state index in [4.69, 9.17) is 10.00 Å². The van der Waals surface area contributed by atoms with Crippen molar-refractivity contribution in [2.75, 3.05) is 14.2 Å². The third kappa shape index (κ3) is 4.56. The van der Waals surface area contributed by atoms with Crippen LogP contribution in [0.25, 0.3) is 0 Å². The summed E-state index contributed by atoms with van der Waals surface area (Å²) < 4.78 is 9.34. The molecule has 1 aliphatic carbocycles. The summed E-state index contributed by atoms with van der Waals surface area (Å²) in [6.07, 6.45) is 2.07. The number of methoxy groups -OCH3 is 2. The van der Waals surface area contributed by atoms with Gasteiger partial charge in [0.1, 0.15) is 5.75 Å². The Bertz CT molecular complexity index is 402. The van der Waals surface area contributed by atoms with Crippen LogP contribution in [-0.4, -0.2) is 20.2 Å². The van der Waals surface area contributed by atoms with E-state index in [2.05, 4.69) is 4.74 Å². The lowest BCUT2D eigenvalue weighted by Crippen LogP contribution is -2.00. The first-order valence-electron chi connectivity index (χ1n) is 5.33. The van der Waals surface area contributed by atoms with Crippen LogP contribution in [0, 0.1) is 17.2 Å². The van der Waals surface area contributed by atoms with Crippen molar-refractivity contribution in [3.8, 4) is 11.8 Å². The van der Waals surface area contributed by atoms with Crippen LogP contribution in [0.5, 0.6) is 5.75 Å². The second-order valence-electron chi connectivity index (χ2n) is 3.64. The molecule has 1 fully saturated rings. The van der Waals surface area contributed by atoms with Gasteiger partial charge in [-0.2, -0.15) is 5.26 Å². The Kier molecular flexibility index (Phi) is 5.02. The Labute approximate surface area is 101 Å². The first-order valence-corrected chi connectivity index (χ1v) is 5.33. The van der Waals surface area contributed by atoms with E-state index in [0.717, 1.165) is 18.6 Å². The van der Waals surface area contributed by atoms with Crippen molar-refractivity contribution < 1.29 is 14.3 Å². The number of ether oxygens (including phenoxy) is 2. The topological polar surface area (TPSA) is 59.3 Å². The number of carbonyl (C=O) groups excluding carboxylic acids is 1. The minimum Gasteiger partial charge on any atom is -0.497 e. The highest BCUT2D eigenvalue weighted by molar-refractivity contribution is 5.74. The summed E-state index contributed by atoms with van der Waals surface area (Å²) in [5.74, 6) is 0.990. The van der Waals surface area contributed by atoms with Gasteiger partial charge in [0.25, 0.3) is 0 Å². The third-order valence-electron chi connectivity index (χ3n) is 2.33. The zero-order chi connectivity index (χ0) is 12.7. The molecule has 0 radical (unpaired) electrons. The van der Waals surface area contributed by atoms with E-state index in [0.29, 0.717) is 5.56 Å². The van der Waals surface area contributed by atoms with Crippen LogP contribution in [0.1, 0.15) is 18.4 Å². The van der Waals surface area contributed by atoms with E-state index >= 15 is 0 Å². The largest absolute Gasteiger partial charge is 0.497 e. The molecule has 0 spiro atoms. The van der Waals surface area contributed by atoms with Crippen LogP contribution in [0.2, 0.25) is 0 Å². The van der Waals surface area contributed by atoms with Crippen molar-refractivity contribution in [1.82, 2.24) is 0 Å². The second kappa shape index (κ2) is 6.54. The molecule has 0 N–H and O–H groups in total. The number of nitriles is 1. The van der Waals surface area contributed by atoms with Gasteiger partial charge in [-0.15, -0.1) is 0 Å². The summed E-state index contributed by atoms with van der Waals surface area (Å²) >= 11 is 0. The highest BCUT2D eigenvalue weighted by Crippen LogP contribution is 2.29. The Hall–Kier alpha value is -2.02. The molecule has 0 bridgehead atoms. The molecule has 4 nitrogen and oxygen atoms in total. The van der Waals surface area contributed by atoms with Gasteiger partial charge in [0, 0.05) is 0 Å². The zero-order valence-electron chi connectivity index (χ0n) is 9.97. The van der Waals surface area contributed by atoms with Gasteiger partial charge >= 0.3 is 5.97 Å². The minimum atomic E-state index is -0.0417. The smallest absolute Gasteiger partial charge is 0.308 e. The summed E-state index contributed by atoms with van der Waals surface area (Å²) in [7, 11) is 3.03. The van der Waals surface area contributed by atoms with Crippen LogP contribution in [0.15, 0.2) is 24.3 Å². The highest BCUT2D eigenvalue weighted by atomic mass is 16.5. The van der Waals surface area contributed by atoms with Crippen LogP contribution < -0.4 is 4.74 Å².